The normalized spacial score (nSPS) is 10.7. The molecule has 2 aromatic carbocycles. The minimum atomic E-state index is 0.254. The van der Waals surface area contributed by atoms with E-state index in [1.165, 1.54) is 6.33 Å². The summed E-state index contributed by atoms with van der Waals surface area (Å²) in [5, 5.41) is 4.16. The first-order valence-corrected chi connectivity index (χ1v) is 8.92. The number of nitrogens with zero attached hydrogens (tertiary/aromatic N) is 4. The highest BCUT2D eigenvalue weighted by Crippen LogP contribution is 2.34. The van der Waals surface area contributed by atoms with Crippen LogP contribution < -0.4 is 20.5 Å². The Hall–Kier alpha value is -3.94. The lowest BCUT2D eigenvalue weighted by atomic mass is 10.1. The van der Waals surface area contributed by atoms with Crippen LogP contribution >= 0.6 is 0 Å². The standard InChI is InChI=1S/C21H20N6O2/c1-12-10-23-21(22)27-19(12)13-4-6-14(7-5-13)26-20-15-8-17(28-2)18(29-3)9-16(15)24-11-25-20/h4-11H,1-3H3,(H2,22,23,27)(H,24,25,26). The molecule has 0 aliphatic rings. The molecule has 29 heavy (non-hydrogen) atoms. The fourth-order valence-electron chi connectivity index (χ4n) is 3.08. The number of nitrogen functional groups attached to an aromatic ring is 1. The first-order valence-electron chi connectivity index (χ1n) is 8.92. The largest absolute Gasteiger partial charge is 0.493 e. The van der Waals surface area contributed by atoms with Gasteiger partial charge in [0.05, 0.1) is 25.4 Å². The number of nitrogens with one attached hydrogen (secondary N) is 1. The summed E-state index contributed by atoms with van der Waals surface area (Å²) in [6.07, 6.45) is 3.23. The Morgan fingerprint density at radius 2 is 1.66 bits per heavy atom. The van der Waals surface area contributed by atoms with Crippen molar-refractivity contribution in [3.63, 3.8) is 0 Å². The highest BCUT2D eigenvalue weighted by Gasteiger charge is 2.11. The predicted molar refractivity (Wildman–Crippen MR) is 113 cm³/mol. The molecule has 0 saturated heterocycles. The second kappa shape index (κ2) is 7.59. The van der Waals surface area contributed by atoms with Crippen LogP contribution in [-0.2, 0) is 0 Å². The molecule has 2 heterocycles. The molecule has 2 aromatic heterocycles. The fraction of sp³-hybridized carbons (Fsp3) is 0.143. The van der Waals surface area contributed by atoms with E-state index in [0.717, 1.165) is 33.4 Å². The number of hydrogen-bond acceptors (Lipinski definition) is 8. The summed E-state index contributed by atoms with van der Waals surface area (Å²) in [5.41, 5.74) is 10.1. The van der Waals surface area contributed by atoms with Crippen molar-refractivity contribution in [2.24, 2.45) is 0 Å². The molecule has 0 spiro atoms. The van der Waals surface area contributed by atoms with Gasteiger partial charge in [0, 0.05) is 28.9 Å². The van der Waals surface area contributed by atoms with Crippen molar-refractivity contribution in [1.29, 1.82) is 0 Å². The molecule has 0 radical (unpaired) electrons. The van der Waals surface area contributed by atoms with E-state index >= 15 is 0 Å². The van der Waals surface area contributed by atoms with E-state index < -0.39 is 0 Å². The Morgan fingerprint density at radius 1 is 0.931 bits per heavy atom. The molecule has 0 saturated carbocycles. The van der Waals surface area contributed by atoms with E-state index in [2.05, 4.69) is 25.3 Å². The smallest absolute Gasteiger partial charge is 0.220 e. The SMILES string of the molecule is COc1cc2ncnc(Nc3ccc(-c4nc(N)ncc4C)cc3)c2cc1OC. The zero-order valence-electron chi connectivity index (χ0n) is 16.3. The summed E-state index contributed by atoms with van der Waals surface area (Å²) in [7, 11) is 3.19. The van der Waals surface area contributed by atoms with Gasteiger partial charge in [-0.1, -0.05) is 12.1 Å². The van der Waals surface area contributed by atoms with Gasteiger partial charge in [0.15, 0.2) is 11.5 Å². The van der Waals surface area contributed by atoms with Crippen LogP contribution in [-0.4, -0.2) is 34.2 Å². The maximum atomic E-state index is 5.73. The lowest BCUT2D eigenvalue weighted by Gasteiger charge is -2.12. The Kier molecular flexibility index (Phi) is 4.82. The molecule has 0 aliphatic carbocycles. The third kappa shape index (κ3) is 3.60. The van der Waals surface area contributed by atoms with Crippen molar-refractivity contribution >= 4 is 28.4 Å². The number of methoxy groups -OCH3 is 2. The number of rotatable bonds is 5. The van der Waals surface area contributed by atoms with Gasteiger partial charge in [-0.25, -0.2) is 19.9 Å². The van der Waals surface area contributed by atoms with Gasteiger partial charge < -0.3 is 20.5 Å². The third-order valence-electron chi connectivity index (χ3n) is 4.55. The average Bonchev–Trinajstić information content (AvgIpc) is 2.75. The van der Waals surface area contributed by atoms with Gasteiger partial charge in [0.2, 0.25) is 5.95 Å². The zero-order chi connectivity index (χ0) is 20.4. The topological polar surface area (TPSA) is 108 Å². The van der Waals surface area contributed by atoms with Gasteiger partial charge in [0.1, 0.15) is 12.1 Å². The monoisotopic (exact) mass is 388 g/mol. The molecule has 146 valence electrons. The molecule has 0 bridgehead atoms. The summed E-state index contributed by atoms with van der Waals surface area (Å²) in [5.74, 6) is 2.16. The second-order valence-corrected chi connectivity index (χ2v) is 6.41. The molecular formula is C21H20N6O2. The number of aromatic nitrogens is 4. The summed E-state index contributed by atoms with van der Waals surface area (Å²) in [4.78, 5) is 17.1. The highest BCUT2D eigenvalue weighted by atomic mass is 16.5. The van der Waals surface area contributed by atoms with Crippen LogP contribution in [0.25, 0.3) is 22.2 Å². The van der Waals surface area contributed by atoms with Crippen LogP contribution in [0.5, 0.6) is 11.5 Å². The van der Waals surface area contributed by atoms with Crippen molar-refractivity contribution in [1.82, 2.24) is 19.9 Å². The van der Waals surface area contributed by atoms with Crippen molar-refractivity contribution in [3.8, 4) is 22.8 Å². The van der Waals surface area contributed by atoms with E-state index in [9.17, 15) is 0 Å². The highest BCUT2D eigenvalue weighted by molar-refractivity contribution is 5.93. The van der Waals surface area contributed by atoms with E-state index in [-0.39, 0.29) is 5.95 Å². The van der Waals surface area contributed by atoms with Crippen molar-refractivity contribution in [3.05, 3.63) is 54.5 Å². The maximum Gasteiger partial charge on any atom is 0.220 e. The molecule has 4 rings (SSSR count). The number of ether oxygens (including phenoxy) is 2. The molecule has 0 unspecified atom stereocenters. The van der Waals surface area contributed by atoms with Crippen molar-refractivity contribution in [2.75, 3.05) is 25.3 Å². The number of hydrogen-bond donors (Lipinski definition) is 2. The number of fused-ring (bicyclic) bond motifs is 1. The molecule has 8 heteroatoms. The number of nitrogens with two attached hydrogens (primary N) is 1. The van der Waals surface area contributed by atoms with Crippen LogP contribution in [0.4, 0.5) is 17.5 Å². The molecule has 0 fully saturated rings. The van der Waals surface area contributed by atoms with Gasteiger partial charge in [0.25, 0.3) is 0 Å². The molecule has 4 aromatic rings. The molecular weight excluding hydrogens is 368 g/mol. The van der Waals surface area contributed by atoms with Crippen LogP contribution in [0.15, 0.2) is 48.9 Å². The van der Waals surface area contributed by atoms with Gasteiger partial charge in [-0.05, 0) is 30.7 Å². The molecule has 0 amide bonds. The third-order valence-corrected chi connectivity index (χ3v) is 4.55. The fourth-order valence-corrected chi connectivity index (χ4v) is 3.08. The first kappa shape index (κ1) is 18.4. The van der Waals surface area contributed by atoms with E-state index in [4.69, 9.17) is 15.2 Å². The number of aryl methyl sites for hydroxylation is 1. The summed E-state index contributed by atoms with van der Waals surface area (Å²) in [6.45, 7) is 1.95. The van der Waals surface area contributed by atoms with Crippen molar-refractivity contribution in [2.45, 2.75) is 6.92 Å². The lowest BCUT2D eigenvalue weighted by molar-refractivity contribution is 0.356. The average molecular weight is 388 g/mol. The minimum absolute atomic E-state index is 0.254. The Balaban J connectivity index is 1.67. The van der Waals surface area contributed by atoms with E-state index in [0.29, 0.717) is 17.3 Å². The summed E-state index contributed by atoms with van der Waals surface area (Å²) < 4.78 is 10.8. The number of anilines is 3. The van der Waals surface area contributed by atoms with Crippen LogP contribution in [0.2, 0.25) is 0 Å². The quantitative estimate of drug-likeness (QED) is 0.532. The first-order chi connectivity index (χ1) is 14.1. The van der Waals surface area contributed by atoms with Gasteiger partial charge in [-0.3, -0.25) is 0 Å². The Labute approximate surface area is 167 Å². The maximum absolute atomic E-state index is 5.73. The molecule has 0 aliphatic heterocycles. The second-order valence-electron chi connectivity index (χ2n) is 6.41. The summed E-state index contributed by atoms with van der Waals surface area (Å²) in [6, 6.07) is 11.6. The van der Waals surface area contributed by atoms with E-state index in [1.807, 2.05) is 43.3 Å². The van der Waals surface area contributed by atoms with Gasteiger partial charge in [-0.15, -0.1) is 0 Å². The van der Waals surface area contributed by atoms with Crippen LogP contribution in [0.3, 0.4) is 0 Å². The number of benzene rings is 2. The van der Waals surface area contributed by atoms with Crippen LogP contribution in [0, 0.1) is 6.92 Å². The Bertz CT molecular complexity index is 1180. The summed E-state index contributed by atoms with van der Waals surface area (Å²) >= 11 is 0. The van der Waals surface area contributed by atoms with Crippen molar-refractivity contribution < 1.29 is 9.47 Å². The zero-order valence-corrected chi connectivity index (χ0v) is 16.3. The molecule has 8 nitrogen and oxygen atoms in total. The van der Waals surface area contributed by atoms with Gasteiger partial charge in [-0.2, -0.15) is 0 Å². The van der Waals surface area contributed by atoms with Crippen LogP contribution in [0.1, 0.15) is 5.56 Å². The van der Waals surface area contributed by atoms with E-state index in [1.54, 1.807) is 20.4 Å². The molecule has 0 atom stereocenters. The van der Waals surface area contributed by atoms with Gasteiger partial charge >= 0.3 is 0 Å². The Morgan fingerprint density at radius 3 is 2.38 bits per heavy atom. The lowest BCUT2D eigenvalue weighted by Crippen LogP contribution is -1.99. The predicted octanol–water partition coefficient (Wildman–Crippen LogP) is 3.74. The molecule has 3 N–H and O–H groups in total. The minimum Gasteiger partial charge on any atom is -0.493 e.